The fourth-order valence-electron chi connectivity index (χ4n) is 4.13. The number of fused-ring (bicyclic) bond motifs is 1. The second-order valence-electron chi connectivity index (χ2n) is 7.64. The molecule has 33 heavy (non-hydrogen) atoms. The number of nitriles is 1. The van der Waals surface area contributed by atoms with Gasteiger partial charge in [0.1, 0.15) is 23.6 Å². The molecule has 0 bridgehead atoms. The number of aromatic nitrogens is 2. The van der Waals surface area contributed by atoms with Crippen LogP contribution in [-0.2, 0) is 18.0 Å². The number of urea groups is 1. The fourth-order valence-corrected chi connectivity index (χ4v) is 4.13. The molecule has 9 nitrogen and oxygen atoms in total. The maximum Gasteiger partial charge on any atom is 0.431 e. The summed E-state index contributed by atoms with van der Waals surface area (Å²) in [7, 11) is 0.759. The molecule has 172 valence electrons. The van der Waals surface area contributed by atoms with E-state index >= 15 is 0 Å². The van der Waals surface area contributed by atoms with Crippen molar-refractivity contribution < 1.29 is 27.2 Å². The van der Waals surface area contributed by atoms with Crippen LogP contribution in [0.1, 0.15) is 30.5 Å². The maximum absolute atomic E-state index is 14.8. The minimum atomic E-state index is -5.01. The largest absolute Gasteiger partial charge is 0.431 e. The first-order valence-electron chi connectivity index (χ1n) is 9.76. The van der Waals surface area contributed by atoms with E-state index in [1.807, 2.05) is 0 Å². The van der Waals surface area contributed by atoms with Gasteiger partial charge in [-0.25, -0.2) is 23.4 Å². The predicted molar refractivity (Wildman–Crippen MR) is 104 cm³/mol. The van der Waals surface area contributed by atoms with Crippen molar-refractivity contribution in [1.29, 1.82) is 5.26 Å². The quantitative estimate of drug-likeness (QED) is 0.497. The number of anilines is 1. The first kappa shape index (κ1) is 22.3. The van der Waals surface area contributed by atoms with Crippen LogP contribution >= 0.6 is 0 Å². The van der Waals surface area contributed by atoms with Gasteiger partial charge in [-0.15, -0.1) is 0 Å². The van der Waals surface area contributed by atoms with E-state index in [-0.39, 0.29) is 20.9 Å². The van der Waals surface area contributed by atoms with E-state index in [1.165, 1.54) is 4.90 Å². The highest BCUT2D eigenvalue weighted by molar-refractivity contribution is 6.22. The van der Waals surface area contributed by atoms with Crippen molar-refractivity contribution in [2.45, 2.75) is 31.5 Å². The normalized spacial score (nSPS) is 18.5. The van der Waals surface area contributed by atoms with Crippen LogP contribution in [0.25, 0.3) is 5.69 Å². The van der Waals surface area contributed by atoms with Gasteiger partial charge < -0.3 is 4.90 Å². The topological polar surface area (TPSA) is 108 Å². The summed E-state index contributed by atoms with van der Waals surface area (Å²) in [5.41, 5.74) is -6.10. The van der Waals surface area contributed by atoms with Crippen LogP contribution < -0.4 is 16.1 Å². The van der Waals surface area contributed by atoms with Crippen LogP contribution in [0.2, 0.25) is 0 Å². The summed E-state index contributed by atoms with van der Waals surface area (Å²) in [6.07, 6.45) is -3.25. The van der Waals surface area contributed by atoms with Crippen molar-refractivity contribution in [3.63, 3.8) is 0 Å². The second kappa shape index (κ2) is 7.58. The van der Waals surface area contributed by atoms with Gasteiger partial charge in [-0.1, -0.05) is 0 Å². The third kappa shape index (κ3) is 3.38. The van der Waals surface area contributed by atoms with E-state index in [4.69, 9.17) is 0 Å². The van der Waals surface area contributed by atoms with Gasteiger partial charge in [-0.2, -0.15) is 18.4 Å². The molecule has 3 amide bonds. The van der Waals surface area contributed by atoms with Crippen molar-refractivity contribution in [3.8, 4) is 11.8 Å². The molecule has 0 aliphatic carbocycles. The zero-order chi connectivity index (χ0) is 24.2. The number of carbonyl (C=O) groups excluding carboxylic acids is 2. The number of imide groups is 1. The first-order valence-corrected chi connectivity index (χ1v) is 9.76. The van der Waals surface area contributed by atoms with Crippen molar-refractivity contribution in [1.82, 2.24) is 14.0 Å². The molecular weight excluding hydrogens is 450 g/mol. The molecule has 2 aromatic rings. The molecule has 0 N–H and O–H groups in total. The molecule has 0 spiro atoms. The summed E-state index contributed by atoms with van der Waals surface area (Å²) in [6.45, 7) is 0.306. The molecule has 2 fully saturated rings. The third-order valence-corrected chi connectivity index (χ3v) is 5.72. The van der Waals surface area contributed by atoms with Gasteiger partial charge in [-0.3, -0.25) is 14.2 Å². The lowest BCUT2D eigenvalue weighted by atomic mass is 10.0. The van der Waals surface area contributed by atoms with Crippen LogP contribution in [-0.4, -0.2) is 38.6 Å². The van der Waals surface area contributed by atoms with Crippen molar-refractivity contribution in [2.24, 2.45) is 7.05 Å². The van der Waals surface area contributed by atoms with E-state index in [9.17, 15) is 42.0 Å². The molecule has 2 saturated heterocycles. The molecule has 1 aromatic heterocycles. The summed E-state index contributed by atoms with van der Waals surface area (Å²) >= 11 is 0. The predicted octanol–water partition coefficient (Wildman–Crippen LogP) is 1.89. The Morgan fingerprint density at radius 1 is 1.06 bits per heavy atom. The van der Waals surface area contributed by atoms with Crippen molar-refractivity contribution in [3.05, 3.63) is 56.1 Å². The number of alkyl halides is 3. The number of hydrogen-bond donors (Lipinski definition) is 0. The molecule has 1 atom stereocenters. The number of halogens is 4. The maximum atomic E-state index is 14.8. The van der Waals surface area contributed by atoms with Gasteiger partial charge in [0.2, 0.25) is 0 Å². The zero-order valence-electron chi connectivity index (χ0n) is 17.0. The molecule has 3 heterocycles. The highest BCUT2D eigenvalue weighted by Gasteiger charge is 2.47. The van der Waals surface area contributed by atoms with Gasteiger partial charge in [0.15, 0.2) is 0 Å². The number of amides is 3. The van der Waals surface area contributed by atoms with Gasteiger partial charge in [0, 0.05) is 19.7 Å². The molecule has 1 aromatic carbocycles. The van der Waals surface area contributed by atoms with E-state index in [1.54, 1.807) is 6.07 Å². The Morgan fingerprint density at radius 2 is 1.76 bits per heavy atom. The standard InChI is InChI=1S/C20H15F4N5O4/c1-26-15(20(22,23)24)8-16(30)28(18(26)32)14-7-13(10(9-25)6-11(14)21)29-17(31)12-4-2-3-5-27(12)19(29)33/h6-8,12H,2-5H2,1H3. The Hall–Kier alpha value is -3.95. The lowest BCUT2D eigenvalue weighted by Gasteiger charge is -2.26. The average molecular weight is 465 g/mol. The number of piperidine rings is 1. The third-order valence-electron chi connectivity index (χ3n) is 5.72. The van der Waals surface area contributed by atoms with E-state index in [0.717, 1.165) is 13.1 Å². The highest BCUT2D eigenvalue weighted by Crippen LogP contribution is 2.34. The summed E-state index contributed by atoms with van der Waals surface area (Å²) in [5.74, 6) is -1.92. The molecular formula is C20H15F4N5O4. The van der Waals surface area contributed by atoms with E-state index in [2.05, 4.69) is 0 Å². The van der Waals surface area contributed by atoms with Crippen molar-refractivity contribution >= 4 is 17.6 Å². The number of benzene rings is 1. The molecule has 1 unspecified atom stereocenters. The molecule has 4 rings (SSSR count). The van der Waals surface area contributed by atoms with Gasteiger partial charge in [0.25, 0.3) is 11.5 Å². The summed E-state index contributed by atoms with van der Waals surface area (Å²) < 4.78 is 54.5. The first-order chi connectivity index (χ1) is 15.5. The smallest absolute Gasteiger partial charge is 0.312 e. The summed E-state index contributed by atoms with van der Waals surface area (Å²) in [5, 5.41) is 9.44. The van der Waals surface area contributed by atoms with E-state index in [0.29, 0.717) is 36.8 Å². The molecule has 2 aliphatic heterocycles. The molecule has 13 heteroatoms. The second-order valence-corrected chi connectivity index (χ2v) is 7.64. The number of rotatable bonds is 2. The van der Waals surface area contributed by atoms with Crippen LogP contribution in [0.5, 0.6) is 0 Å². The number of hydrogen-bond acceptors (Lipinski definition) is 5. The number of carbonyl (C=O) groups is 2. The fraction of sp³-hybridized carbons (Fsp3) is 0.350. The van der Waals surface area contributed by atoms with Gasteiger partial charge >= 0.3 is 17.9 Å². The molecule has 2 aliphatic rings. The monoisotopic (exact) mass is 465 g/mol. The minimum Gasteiger partial charge on any atom is -0.312 e. The van der Waals surface area contributed by atoms with Crippen LogP contribution in [0.3, 0.4) is 0 Å². The molecule has 0 radical (unpaired) electrons. The van der Waals surface area contributed by atoms with Gasteiger partial charge in [0.05, 0.1) is 16.9 Å². The number of nitrogens with zero attached hydrogens (tertiary/aromatic N) is 5. The van der Waals surface area contributed by atoms with Crippen molar-refractivity contribution in [2.75, 3.05) is 11.4 Å². The highest BCUT2D eigenvalue weighted by atomic mass is 19.4. The van der Waals surface area contributed by atoms with E-state index < -0.39 is 58.2 Å². The molecule has 0 saturated carbocycles. The SMILES string of the molecule is Cn1c(C(F)(F)F)cc(=O)n(-c2cc(N3C(=O)C4CCCCN4C3=O)c(C#N)cc2F)c1=O. The van der Waals surface area contributed by atoms with Crippen LogP contribution in [0.15, 0.2) is 27.8 Å². The van der Waals surface area contributed by atoms with Crippen LogP contribution in [0, 0.1) is 17.1 Å². The minimum absolute atomic E-state index is 0.130. The Kier molecular flexibility index (Phi) is 5.11. The summed E-state index contributed by atoms with van der Waals surface area (Å²) in [4.78, 5) is 52.7. The lowest BCUT2D eigenvalue weighted by Crippen LogP contribution is -2.41. The Balaban J connectivity index is 1.93. The Bertz CT molecular complexity index is 1330. The average Bonchev–Trinajstić information content (AvgIpc) is 3.01. The zero-order valence-corrected chi connectivity index (χ0v) is 17.0. The van der Waals surface area contributed by atoms with Crippen LogP contribution in [0.4, 0.5) is 28.0 Å². The Labute approximate surface area is 182 Å². The lowest BCUT2D eigenvalue weighted by molar-refractivity contribution is -0.144. The van der Waals surface area contributed by atoms with Gasteiger partial charge in [-0.05, 0) is 31.4 Å². The summed E-state index contributed by atoms with van der Waals surface area (Å²) in [6, 6.07) is 1.68. The Morgan fingerprint density at radius 3 is 2.36 bits per heavy atom.